The summed E-state index contributed by atoms with van der Waals surface area (Å²) in [6, 6.07) is 12.7. The minimum Gasteiger partial charge on any atom is -0.336 e. The summed E-state index contributed by atoms with van der Waals surface area (Å²) in [6.45, 7) is 3.55. The van der Waals surface area contributed by atoms with Crippen molar-refractivity contribution >= 4 is 40.1 Å². The molecule has 11 nitrogen and oxygen atoms in total. The summed E-state index contributed by atoms with van der Waals surface area (Å²) in [4.78, 5) is 51.5. The largest absolute Gasteiger partial charge is 0.337 e. The van der Waals surface area contributed by atoms with E-state index >= 15 is 0 Å². The number of fused-ring (bicyclic) bond motifs is 1. The number of anilines is 2. The predicted octanol–water partition coefficient (Wildman–Crippen LogP) is 2.58. The minimum absolute atomic E-state index is 0.0408. The van der Waals surface area contributed by atoms with E-state index in [4.69, 9.17) is 0 Å². The van der Waals surface area contributed by atoms with Crippen LogP contribution in [0.25, 0.3) is 10.8 Å². The summed E-state index contributed by atoms with van der Waals surface area (Å²) in [5.74, 6) is -0.650. The molecule has 4 rings (SSSR count). The van der Waals surface area contributed by atoms with Crippen molar-refractivity contribution in [1.82, 2.24) is 25.9 Å². The van der Waals surface area contributed by atoms with Gasteiger partial charge in [-0.1, -0.05) is 44.0 Å². The van der Waals surface area contributed by atoms with Gasteiger partial charge in [0, 0.05) is 36.4 Å². The molecule has 0 spiro atoms. The van der Waals surface area contributed by atoms with E-state index in [-0.39, 0.29) is 17.3 Å². The maximum Gasteiger partial charge on any atom is 0.337 e. The molecule has 2 heterocycles. The summed E-state index contributed by atoms with van der Waals surface area (Å²) in [5.41, 5.74) is 5.53. The molecule has 0 saturated carbocycles. The van der Waals surface area contributed by atoms with Crippen molar-refractivity contribution in [1.29, 1.82) is 0 Å². The number of unbranched alkanes of at least 4 members (excludes halogenated alkanes) is 2. The molecule has 11 heteroatoms. The highest BCUT2D eigenvalue weighted by molar-refractivity contribution is 6.05. The fourth-order valence-electron chi connectivity index (χ4n) is 3.87. The first-order valence-electron chi connectivity index (χ1n) is 11.5. The zero-order valence-corrected chi connectivity index (χ0v) is 19.3. The monoisotopic (exact) mass is 477 g/mol. The van der Waals surface area contributed by atoms with Crippen LogP contribution < -0.4 is 31.9 Å². The molecular weight excluding hydrogens is 450 g/mol. The van der Waals surface area contributed by atoms with Crippen LogP contribution in [-0.2, 0) is 6.54 Å². The van der Waals surface area contributed by atoms with Crippen molar-refractivity contribution in [2.45, 2.75) is 32.7 Å². The van der Waals surface area contributed by atoms with Crippen molar-refractivity contribution in [3.63, 3.8) is 0 Å². The number of benzene rings is 2. The fraction of sp³-hybridized carbons (Fsp3) is 0.292. The van der Waals surface area contributed by atoms with Crippen molar-refractivity contribution in [3.8, 4) is 0 Å². The van der Waals surface area contributed by atoms with Gasteiger partial charge in [-0.25, -0.2) is 19.7 Å². The number of hydrogen-bond acceptors (Lipinski definition) is 5. The van der Waals surface area contributed by atoms with Crippen molar-refractivity contribution in [2.24, 2.45) is 0 Å². The quantitative estimate of drug-likeness (QED) is 0.306. The Morgan fingerprint density at radius 2 is 1.83 bits per heavy atom. The molecule has 3 aromatic rings. The van der Waals surface area contributed by atoms with E-state index in [2.05, 4.69) is 33.5 Å². The highest BCUT2D eigenvalue weighted by atomic mass is 16.2. The molecule has 2 aromatic carbocycles. The van der Waals surface area contributed by atoms with Crippen LogP contribution in [-0.4, -0.2) is 40.8 Å². The molecule has 5 amide bonds. The number of amides is 5. The van der Waals surface area contributed by atoms with Gasteiger partial charge >= 0.3 is 12.1 Å². The predicted molar refractivity (Wildman–Crippen MR) is 132 cm³/mol. The molecule has 35 heavy (non-hydrogen) atoms. The maximum atomic E-state index is 12.9. The maximum absolute atomic E-state index is 12.9. The zero-order valence-electron chi connectivity index (χ0n) is 19.3. The van der Waals surface area contributed by atoms with Crippen LogP contribution in [0.1, 0.15) is 36.7 Å². The molecule has 1 aromatic heterocycles. The van der Waals surface area contributed by atoms with E-state index in [9.17, 15) is 19.2 Å². The Bertz CT molecular complexity index is 1320. The lowest BCUT2D eigenvalue weighted by Crippen LogP contribution is -2.44. The number of hydrogen-bond donors (Lipinski definition) is 4. The molecular formula is C24H27N7O4. The Labute approximate surface area is 201 Å². The highest BCUT2D eigenvalue weighted by Gasteiger charge is 2.21. The van der Waals surface area contributed by atoms with Gasteiger partial charge in [0.1, 0.15) is 0 Å². The fourth-order valence-corrected chi connectivity index (χ4v) is 3.87. The summed E-state index contributed by atoms with van der Waals surface area (Å²) >= 11 is 0. The first-order valence-corrected chi connectivity index (χ1v) is 11.5. The number of nitrogens with one attached hydrogen (secondary N) is 4. The molecule has 1 aliphatic rings. The summed E-state index contributed by atoms with van der Waals surface area (Å²) in [7, 11) is 0. The third-order valence-corrected chi connectivity index (χ3v) is 5.62. The van der Waals surface area contributed by atoms with Crippen molar-refractivity contribution < 1.29 is 14.4 Å². The van der Waals surface area contributed by atoms with E-state index in [1.807, 2.05) is 0 Å². The second-order valence-corrected chi connectivity index (χ2v) is 8.10. The van der Waals surface area contributed by atoms with Gasteiger partial charge in [-0.2, -0.15) is 5.10 Å². The number of hydrazine groups is 1. The van der Waals surface area contributed by atoms with E-state index in [0.29, 0.717) is 41.8 Å². The van der Waals surface area contributed by atoms with Gasteiger partial charge in [0.25, 0.3) is 11.5 Å². The van der Waals surface area contributed by atoms with Gasteiger partial charge in [0.15, 0.2) is 5.69 Å². The van der Waals surface area contributed by atoms with E-state index in [1.54, 1.807) is 53.4 Å². The topological polar surface area (TPSA) is 137 Å². The van der Waals surface area contributed by atoms with E-state index < -0.39 is 11.9 Å². The second kappa shape index (κ2) is 10.7. The number of urea groups is 2. The lowest BCUT2D eigenvalue weighted by atomic mass is 10.1. The highest BCUT2D eigenvalue weighted by Crippen LogP contribution is 2.21. The Morgan fingerprint density at radius 3 is 2.57 bits per heavy atom. The minimum atomic E-state index is -0.679. The molecule has 0 unspecified atom stereocenters. The van der Waals surface area contributed by atoms with Crippen LogP contribution in [0.3, 0.4) is 0 Å². The summed E-state index contributed by atoms with van der Waals surface area (Å²) in [6.07, 6.45) is 2.69. The van der Waals surface area contributed by atoms with Crippen LogP contribution in [0, 0.1) is 0 Å². The molecule has 1 fully saturated rings. The summed E-state index contributed by atoms with van der Waals surface area (Å²) in [5, 5.41) is 10.4. The van der Waals surface area contributed by atoms with Gasteiger partial charge in [-0.15, -0.1) is 0 Å². The summed E-state index contributed by atoms with van der Waals surface area (Å²) < 4.78 is 1.30. The van der Waals surface area contributed by atoms with Gasteiger partial charge < -0.3 is 10.6 Å². The van der Waals surface area contributed by atoms with Crippen molar-refractivity contribution in [2.75, 3.05) is 23.3 Å². The number of nitrogens with zero attached hydrogens (tertiary/aromatic N) is 3. The Hall–Kier alpha value is -4.41. The number of aryl methyl sites for hydroxylation is 1. The lowest BCUT2D eigenvalue weighted by Gasteiger charge is -2.16. The van der Waals surface area contributed by atoms with Gasteiger partial charge in [-0.05, 0) is 30.7 Å². The smallest absolute Gasteiger partial charge is 0.336 e. The Balaban J connectivity index is 1.45. The van der Waals surface area contributed by atoms with Crippen LogP contribution in [0.4, 0.5) is 21.0 Å². The first-order chi connectivity index (χ1) is 17.0. The van der Waals surface area contributed by atoms with Gasteiger partial charge in [0.2, 0.25) is 0 Å². The standard InChI is InChI=1S/C24H27N7O4/c1-2-3-6-13-31-22(33)19-11-5-4-10-18(19)20(29-31)21(32)27-28-23(34)26-16-8-7-9-17(15-16)30-14-12-25-24(30)35/h4-5,7-11,15H,2-3,6,12-14H2,1H3,(H,25,35)(H,27,32)(H2,26,28,34). The van der Waals surface area contributed by atoms with Crippen LogP contribution in [0.2, 0.25) is 0 Å². The van der Waals surface area contributed by atoms with Crippen LogP contribution in [0.5, 0.6) is 0 Å². The normalized spacial score (nSPS) is 12.9. The van der Waals surface area contributed by atoms with Crippen LogP contribution >= 0.6 is 0 Å². The van der Waals surface area contributed by atoms with Gasteiger partial charge in [-0.3, -0.25) is 19.9 Å². The van der Waals surface area contributed by atoms with Gasteiger partial charge in [0.05, 0.1) is 5.39 Å². The Kier molecular flexibility index (Phi) is 7.24. The first kappa shape index (κ1) is 23.7. The average molecular weight is 478 g/mol. The van der Waals surface area contributed by atoms with Crippen molar-refractivity contribution in [3.05, 3.63) is 64.6 Å². The second-order valence-electron chi connectivity index (χ2n) is 8.10. The third kappa shape index (κ3) is 5.40. The number of carbonyl (C=O) groups is 3. The molecule has 182 valence electrons. The Morgan fingerprint density at radius 1 is 1.03 bits per heavy atom. The lowest BCUT2D eigenvalue weighted by molar-refractivity contribution is 0.0932. The molecule has 0 atom stereocenters. The molecule has 0 aliphatic carbocycles. The third-order valence-electron chi connectivity index (χ3n) is 5.62. The average Bonchev–Trinajstić information content (AvgIpc) is 3.30. The molecule has 4 N–H and O–H groups in total. The molecule has 1 saturated heterocycles. The number of rotatable bonds is 7. The number of carbonyl (C=O) groups excluding carboxylic acids is 3. The SMILES string of the molecule is CCCCCn1nc(C(=O)NNC(=O)Nc2cccc(N3CCNC3=O)c2)c2ccccc2c1=O. The number of aromatic nitrogens is 2. The zero-order chi connectivity index (χ0) is 24.8. The molecule has 1 aliphatic heterocycles. The molecule has 0 radical (unpaired) electrons. The van der Waals surface area contributed by atoms with E-state index in [1.165, 1.54) is 4.68 Å². The van der Waals surface area contributed by atoms with E-state index in [0.717, 1.165) is 19.3 Å². The van der Waals surface area contributed by atoms with Crippen LogP contribution in [0.15, 0.2) is 53.3 Å². The molecule has 0 bridgehead atoms.